The summed E-state index contributed by atoms with van der Waals surface area (Å²) in [7, 11) is 1.66. The fourth-order valence-corrected chi connectivity index (χ4v) is 5.95. The summed E-state index contributed by atoms with van der Waals surface area (Å²) in [5.41, 5.74) is 1.87. The smallest absolute Gasteiger partial charge is 0.219 e. The second-order valence-electron chi connectivity index (χ2n) is 8.97. The first-order valence-electron chi connectivity index (χ1n) is 12.4. The largest absolute Gasteiger partial charge is 0.497 e. The van der Waals surface area contributed by atoms with Gasteiger partial charge in [-0.1, -0.05) is 17.8 Å². The predicted molar refractivity (Wildman–Crippen MR) is 150 cm³/mol. The van der Waals surface area contributed by atoms with Crippen molar-refractivity contribution < 1.29 is 14.3 Å². The zero-order chi connectivity index (χ0) is 26.5. The number of hydrogen-bond donors (Lipinski definition) is 1. The van der Waals surface area contributed by atoms with Gasteiger partial charge < -0.3 is 19.7 Å². The molecule has 1 aliphatic heterocycles. The highest BCUT2D eigenvalue weighted by Crippen LogP contribution is 2.40. The van der Waals surface area contributed by atoms with Gasteiger partial charge in [0.2, 0.25) is 5.91 Å². The van der Waals surface area contributed by atoms with E-state index >= 15 is 0 Å². The van der Waals surface area contributed by atoms with Crippen LogP contribution in [0.5, 0.6) is 17.2 Å². The highest BCUT2D eigenvalue weighted by molar-refractivity contribution is 7.99. The number of piperidine rings is 1. The predicted octanol–water partition coefficient (Wildman–Crippen LogP) is 6.66. The molecule has 0 atom stereocenters. The zero-order valence-corrected chi connectivity index (χ0v) is 23.1. The van der Waals surface area contributed by atoms with E-state index in [2.05, 4.69) is 20.7 Å². The van der Waals surface area contributed by atoms with Crippen molar-refractivity contribution >= 4 is 40.0 Å². The average Bonchev–Trinajstić information content (AvgIpc) is 3.40. The molecular formula is C28H29N5O3S2. The minimum Gasteiger partial charge on any atom is -0.497 e. The molecule has 0 unspecified atom stereocenters. The number of amides is 1. The Morgan fingerprint density at radius 3 is 2.74 bits per heavy atom. The average molecular weight is 548 g/mol. The molecule has 38 heavy (non-hydrogen) atoms. The quantitative estimate of drug-likeness (QED) is 0.262. The summed E-state index contributed by atoms with van der Waals surface area (Å²) in [6, 6.07) is 13.5. The lowest BCUT2D eigenvalue weighted by Gasteiger charge is -2.30. The fourth-order valence-electron chi connectivity index (χ4n) is 4.27. The van der Waals surface area contributed by atoms with Crippen LogP contribution in [0.2, 0.25) is 0 Å². The SMILES string of the molecule is COc1cccc(Sc2cnc(Nc3nc(C4CCN(C(C)=O)CC4)cs3)cc2Oc2cccnc2C)c1. The van der Waals surface area contributed by atoms with E-state index in [1.807, 2.05) is 54.3 Å². The summed E-state index contributed by atoms with van der Waals surface area (Å²) >= 11 is 3.11. The second kappa shape index (κ2) is 11.8. The molecule has 1 saturated heterocycles. The van der Waals surface area contributed by atoms with E-state index in [1.54, 1.807) is 49.5 Å². The number of aromatic nitrogens is 3. The Labute approximate surface area is 230 Å². The number of thiazole rings is 1. The molecule has 1 aromatic carbocycles. The summed E-state index contributed by atoms with van der Waals surface area (Å²) in [6.45, 7) is 5.11. The van der Waals surface area contributed by atoms with Crippen molar-refractivity contribution in [3.8, 4) is 17.2 Å². The maximum atomic E-state index is 11.6. The summed E-state index contributed by atoms with van der Waals surface area (Å²) < 4.78 is 11.7. The third-order valence-electron chi connectivity index (χ3n) is 6.39. The number of aryl methyl sites for hydroxylation is 1. The van der Waals surface area contributed by atoms with Crippen molar-refractivity contribution in [3.63, 3.8) is 0 Å². The van der Waals surface area contributed by atoms with Crippen LogP contribution >= 0.6 is 23.1 Å². The normalized spacial score (nSPS) is 13.8. The monoisotopic (exact) mass is 547 g/mol. The molecule has 5 rings (SSSR count). The van der Waals surface area contributed by atoms with Crippen LogP contribution in [-0.2, 0) is 4.79 Å². The standard InChI is InChI=1S/C28H29N5O3S2/c1-18-24(8-5-11-29-18)36-25-15-27(30-16-26(25)38-22-7-4-6-21(14-22)35-3)32-28-31-23(17-37-28)20-9-12-33(13-10-20)19(2)34/h4-8,11,14-17,20H,9-10,12-13H2,1-3H3,(H,30,31,32). The minimum absolute atomic E-state index is 0.141. The summed E-state index contributed by atoms with van der Waals surface area (Å²) in [4.78, 5) is 29.3. The summed E-state index contributed by atoms with van der Waals surface area (Å²) in [5.74, 6) is 3.29. The van der Waals surface area contributed by atoms with Gasteiger partial charge in [0.05, 0.1) is 23.4 Å². The van der Waals surface area contributed by atoms with E-state index in [1.165, 1.54) is 0 Å². The number of nitrogens with one attached hydrogen (secondary N) is 1. The van der Waals surface area contributed by atoms with Gasteiger partial charge in [-0.15, -0.1) is 11.3 Å². The van der Waals surface area contributed by atoms with Crippen molar-refractivity contribution in [3.05, 3.63) is 71.6 Å². The Balaban J connectivity index is 1.36. The number of carbonyl (C=O) groups is 1. The van der Waals surface area contributed by atoms with Crippen LogP contribution in [0, 0.1) is 6.92 Å². The van der Waals surface area contributed by atoms with Crippen LogP contribution in [0.1, 0.15) is 37.1 Å². The molecule has 0 saturated carbocycles. The van der Waals surface area contributed by atoms with Gasteiger partial charge >= 0.3 is 0 Å². The molecular weight excluding hydrogens is 518 g/mol. The lowest BCUT2D eigenvalue weighted by molar-refractivity contribution is -0.129. The van der Waals surface area contributed by atoms with Gasteiger partial charge in [-0.3, -0.25) is 9.78 Å². The van der Waals surface area contributed by atoms with Crippen LogP contribution < -0.4 is 14.8 Å². The summed E-state index contributed by atoms with van der Waals surface area (Å²) in [6.07, 6.45) is 5.41. The number of likely N-dealkylation sites (tertiary alicyclic amines) is 1. The lowest BCUT2D eigenvalue weighted by Crippen LogP contribution is -2.36. The fraction of sp³-hybridized carbons (Fsp3) is 0.286. The summed E-state index contributed by atoms with van der Waals surface area (Å²) in [5, 5.41) is 6.22. The van der Waals surface area contributed by atoms with Crippen molar-refractivity contribution in [1.82, 2.24) is 19.9 Å². The topological polar surface area (TPSA) is 89.5 Å². The number of pyridine rings is 2. The number of carbonyl (C=O) groups excluding carboxylic acids is 1. The van der Waals surface area contributed by atoms with Crippen molar-refractivity contribution in [2.45, 2.75) is 42.4 Å². The molecule has 4 heterocycles. The third kappa shape index (κ3) is 6.25. The van der Waals surface area contributed by atoms with Gasteiger partial charge in [-0.25, -0.2) is 9.97 Å². The molecule has 4 aromatic rings. The van der Waals surface area contributed by atoms with Crippen LogP contribution in [0.15, 0.2) is 70.0 Å². The Morgan fingerprint density at radius 1 is 1.13 bits per heavy atom. The molecule has 0 radical (unpaired) electrons. The van der Waals surface area contributed by atoms with Crippen molar-refractivity contribution in [2.75, 3.05) is 25.5 Å². The van der Waals surface area contributed by atoms with Crippen LogP contribution in [-0.4, -0.2) is 46.0 Å². The molecule has 1 fully saturated rings. The van der Waals surface area contributed by atoms with E-state index in [4.69, 9.17) is 14.5 Å². The Bertz CT molecular complexity index is 1420. The maximum Gasteiger partial charge on any atom is 0.219 e. The van der Waals surface area contributed by atoms with E-state index < -0.39 is 0 Å². The molecule has 3 aromatic heterocycles. The van der Waals surface area contributed by atoms with Crippen LogP contribution in [0.4, 0.5) is 10.9 Å². The number of anilines is 2. The van der Waals surface area contributed by atoms with Gasteiger partial charge in [-0.05, 0) is 50.1 Å². The molecule has 196 valence electrons. The molecule has 1 amide bonds. The Morgan fingerprint density at radius 2 is 1.97 bits per heavy atom. The van der Waals surface area contributed by atoms with E-state index in [-0.39, 0.29) is 5.91 Å². The first-order chi connectivity index (χ1) is 18.5. The van der Waals surface area contributed by atoms with Crippen molar-refractivity contribution in [1.29, 1.82) is 0 Å². The molecule has 1 N–H and O–H groups in total. The van der Waals surface area contributed by atoms with Gasteiger partial charge in [0.25, 0.3) is 0 Å². The number of hydrogen-bond acceptors (Lipinski definition) is 9. The van der Waals surface area contributed by atoms with Gasteiger partial charge in [0.1, 0.15) is 23.1 Å². The number of ether oxygens (including phenoxy) is 2. The first kappa shape index (κ1) is 26.0. The maximum absolute atomic E-state index is 11.6. The number of rotatable bonds is 8. The number of methoxy groups -OCH3 is 1. The second-order valence-corrected chi connectivity index (χ2v) is 10.9. The number of benzene rings is 1. The van der Waals surface area contributed by atoms with Crippen LogP contribution in [0.25, 0.3) is 0 Å². The van der Waals surface area contributed by atoms with Crippen LogP contribution in [0.3, 0.4) is 0 Å². The number of nitrogens with zero attached hydrogens (tertiary/aromatic N) is 4. The molecule has 0 aliphatic carbocycles. The molecule has 0 spiro atoms. The Hall–Kier alpha value is -3.63. The third-order valence-corrected chi connectivity index (χ3v) is 8.19. The van der Waals surface area contributed by atoms with Gasteiger partial charge in [0.15, 0.2) is 5.13 Å². The molecule has 10 heteroatoms. The molecule has 8 nitrogen and oxygen atoms in total. The lowest BCUT2D eigenvalue weighted by atomic mass is 9.94. The molecule has 1 aliphatic rings. The zero-order valence-electron chi connectivity index (χ0n) is 21.5. The van der Waals surface area contributed by atoms with Gasteiger partial charge in [0, 0.05) is 54.7 Å². The van der Waals surface area contributed by atoms with Gasteiger partial charge in [-0.2, -0.15) is 0 Å². The van der Waals surface area contributed by atoms with E-state index in [9.17, 15) is 4.79 Å². The van der Waals surface area contributed by atoms with E-state index in [0.717, 1.165) is 58.0 Å². The molecule has 0 bridgehead atoms. The minimum atomic E-state index is 0.141. The Kier molecular flexibility index (Phi) is 8.09. The first-order valence-corrected chi connectivity index (χ1v) is 14.1. The van der Waals surface area contributed by atoms with E-state index in [0.29, 0.717) is 23.2 Å². The van der Waals surface area contributed by atoms with Crippen molar-refractivity contribution in [2.24, 2.45) is 0 Å². The highest BCUT2D eigenvalue weighted by Gasteiger charge is 2.24. The highest BCUT2D eigenvalue weighted by atomic mass is 32.2.